The number of pyridine rings is 1. The Kier molecular flexibility index (Phi) is 6.85. The molecule has 0 bridgehead atoms. The van der Waals surface area contributed by atoms with Crippen molar-refractivity contribution >= 4 is 11.6 Å². The van der Waals surface area contributed by atoms with Gasteiger partial charge in [-0.1, -0.05) is 42.5 Å². The second-order valence-electron chi connectivity index (χ2n) is 7.69. The van der Waals surface area contributed by atoms with Crippen LogP contribution in [0.4, 0.5) is 5.69 Å². The first-order valence-corrected chi connectivity index (χ1v) is 10.8. The summed E-state index contributed by atoms with van der Waals surface area (Å²) in [6.45, 7) is 3.57. The highest BCUT2D eigenvalue weighted by atomic mass is 16.5. The Morgan fingerprint density at radius 1 is 0.941 bits per heavy atom. The van der Waals surface area contributed by atoms with Crippen molar-refractivity contribution in [2.24, 2.45) is 0 Å². The molecule has 0 aliphatic rings. The average Bonchev–Trinajstić information content (AvgIpc) is 2.87. The van der Waals surface area contributed by atoms with Gasteiger partial charge in [0, 0.05) is 11.9 Å². The van der Waals surface area contributed by atoms with E-state index in [2.05, 4.69) is 16.4 Å². The third-order valence-electron chi connectivity index (χ3n) is 5.21. The van der Waals surface area contributed by atoms with Gasteiger partial charge in [0.15, 0.2) is 6.10 Å². The first-order chi connectivity index (χ1) is 16.5. The van der Waals surface area contributed by atoms with Crippen molar-refractivity contribution in [3.05, 3.63) is 102 Å². The monoisotopic (exact) mass is 449 g/mol. The Bertz CT molecular complexity index is 1330. The zero-order chi connectivity index (χ0) is 23.9. The van der Waals surface area contributed by atoms with Gasteiger partial charge in [0.05, 0.1) is 0 Å². The van der Waals surface area contributed by atoms with Gasteiger partial charge >= 0.3 is 0 Å². The van der Waals surface area contributed by atoms with E-state index in [0.717, 1.165) is 16.7 Å². The Balaban J connectivity index is 1.38. The third-order valence-corrected chi connectivity index (χ3v) is 5.21. The smallest absolute Gasteiger partial charge is 0.265 e. The minimum absolute atomic E-state index is 0.237. The first-order valence-electron chi connectivity index (χ1n) is 10.8. The molecule has 0 aliphatic carbocycles. The van der Waals surface area contributed by atoms with Crippen molar-refractivity contribution in [2.75, 3.05) is 5.32 Å². The molecule has 1 unspecified atom stereocenters. The van der Waals surface area contributed by atoms with Crippen molar-refractivity contribution in [2.45, 2.75) is 20.0 Å². The Hall–Kier alpha value is -4.63. The van der Waals surface area contributed by atoms with E-state index in [1.807, 2.05) is 61.5 Å². The number of carbonyl (C=O) groups excluding carboxylic acids is 1. The van der Waals surface area contributed by atoms with Crippen LogP contribution >= 0.6 is 0 Å². The highest BCUT2D eigenvalue weighted by Crippen LogP contribution is 2.27. The topological polar surface area (TPSA) is 84.2 Å². The van der Waals surface area contributed by atoms with Gasteiger partial charge < -0.3 is 14.8 Å². The fraction of sp³-hybridized carbons (Fsp3) is 0.107. The molecule has 0 spiro atoms. The molecule has 0 fully saturated rings. The molecular weight excluding hydrogens is 426 g/mol. The molecule has 0 radical (unpaired) electrons. The number of hydrogen-bond donors (Lipinski definition) is 1. The number of nitriles is 1. The summed E-state index contributed by atoms with van der Waals surface area (Å²) in [6.07, 6.45) is 0.874. The van der Waals surface area contributed by atoms with Crippen LogP contribution in [0.1, 0.15) is 18.1 Å². The minimum atomic E-state index is -0.690. The van der Waals surface area contributed by atoms with Gasteiger partial charge in [-0.05, 0) is 73.0 Å². The second-order valence-corrected chi connectivity index (χ2v) is 7.69. The molecular formula is C28H23N3O3. The van der Waals surface area contributed by atoms with Crippen LogP contribution in [0.25, 0.3) is 11.1 Å². The van der Waals surface area contributed by atoms with Gasteiger partial charge in [-0.25, -0.2) is 4.98 Å². The number of aryl methyl sites for hydroxylation is 1. The molecule has 1 amide bonds. The van der Waals surface area contributed by atoms with Gasteiger partial charge in [-0.15, -0.1) is 0 Å². The molecule has 0 saturated heterocycles. The summed E-state index contributed by atoms with van der Waals surface area (Å²) in [7, 11) is 0. The number of nitrogens with zero attached hydrogens (tertiary/aromatic N) is 2. The van der Waals surface area contributed by atoms with Crippen molar-refractivity contribution in [1.29, 1.82) is 5.26 Å². The maximum absolute atomic E-state index is 12.7. The highest BCUT2D eigenvalue weighted by Gasteiger charge is 2.16. The lowest BCUT2D eigenvalue weighted by Gasteiger charge is -2.16. The van der Waals surface area contributed by atoms with Crippen LogP contribution in [-0.4, -0.2) is 17.0 Å². The molecule has 1 atom stereocenters. The van der Waals surface area contributed by atoms with Crippen molar-refractivity contribution in [3.63, 3.8) is 0 Å². The van der Waals surface area contributed by atoms with Gasteiger partial charge in [-0.3, -0.25) is 4.79 Å². The zero-order valence-corrected chi connectivity index (χ0v) is 18.9. The Morgan fingerprint density at radius 3 is 2.35 bits per heavy atom. The minimum Gasteiger partial charge on any atom is -0.481 e. The normalized spacial score (nSPS) is 11.2. The molecule has 1 aromatic heterocycles. The molecule has 6 nitrogen and oxygen atoms in total. The summed E-state index contributed by atoms with van der Waals surface area (Å²) in [5.41, 5.74) is 4.00. The molecule has 168 valence electrons. The summed E-state index contributed by atoms with van der Waals surface area (Å²) in [5, 5.41) is 12.1. The van der Waals surface area contributed by atoms with E-state index in [1.54, 1.807) is 43.5 Å². The number of rotatable bonds is 7. The van der Waals surface area contributed by atoms with Crippen molar-refractivity contribution in [1.82, 2.24) is 4.98 Å². The molecule has 1 N–H and O–H groups in total. The largest absolute Gasteiger partial charge is 0.481 e. The lowest BCUT2D eigenvalue weighted by molar-refractivity contribution is -0.122. The van der Waals surface area contributed by atoms with E-state index in [4.69, 9.17) is 9.47 Å². The molecule has 34 heavy (non-hydrogen) atoms. The quantitative estimate of drug-likeness (QED) is 0.367. The summed E-state index contributed by atoms with van der Waals surface area (Å²) in [6, 6.07) is 28.3. The summed E-state index contributed by atoms with van der Waals surface area (Å²) in [5.74, 6) is 1.11. The molecule has 0 saturated carbocycles. The Morgan fingerprint density at radius 2 is 1.65 bits per heavy atom. The lowest BCUT2D eigenvalue weighted by Crippen LogP contribution is -2.30. The van der Waals surface area contributed by atoms with E-state index >= 15 is 0 Å². The van der Waals surface area contributed by atoms with Gasteiger partial charge in [0.2, 0.25) is 5.88 Å². The summed E-state index contributed by atoms with van der Waals surface area (Å²) in [4.78, 5) is 16.8. The third kappa shape index (κ3) is 5.40. The number of amides is 1. The highest BCUT2D eigenvalue weighted by molar-refractivity contribution is 5.94. The molecule has 6 heteroatoms. The predicted molar refractivity (Wildman–Crippen MR) is 131 cm³/mol. The lowest BCUT2D eigenvalue weighted by atomic mass is 10.1. The van der Waals surface area contributed by atoms with Crippen LogP contribution in [0.2, 0.25) is 0 Å². The second kappa shape index (κ2) is 10.3. The van der Waals surface area contributed by atoms with E-state index in [1.165, 1.54) is 0 Å². The summed E-state index contributed by atoms with van der Waals surface area (Å²) >= 11 is 0. The maximum Gasteiger partial charge on any atom is 0.265 e. The number of nitrogens with one attached hydrogen (secondary N) is 1. The first kappa shape index (κ1) is 22.6. The fourth-order valence-electron chi connectivity index (χ4n) is 3.36. The van der Waals surface area contributed by atoms with Crippen LogP contribution in [0.3, 0.4) is 0 Å². The number of ether oxygens (including phenoxy) is 2. The fourth-order valence-corrected chi connectivity index (χ4v) is 3.36. The van der Waals surface area contributed by atoms with E-state index in [0.29, 0.717) is 22.7 Å². The summed E-state index contributed by atoms with van der Waals surface area (Å²) < 4.78 is 11.6. The molecule has 4 rings (SSSR count). The van der Waals surface area contributed by atoms with E-state index in [-0.39, 0.29) is 11.8 Å². The van der Waals surface area contributed by atoms with E-state index in [9.17, 15) is 10.1 Å². The molecule has 0 aliphatic heterocycles. The molecule has 4 aromatic rings. The van der Waals surface area contributed by atoms with Gasteiger partial charge in [-0.2, -0.15) is 5.26 Å². The van der Waals surface area contributed by atoms with Crippen molar-refractivity contribution in [3.8, 4) is 34.6 Å². The van der Waals surface area contributed by atoms with Crippen LogP contribution in [0.5, 0.6) is 17.4 Å². The Labute approximate surface area is 198 Å². The van der Waals surface area contributed by atoms with Crippen LogP contribution in [-0.2, 0) is 4.79 Å². The van der Waals surface area contributed by atoms with E-state index < -0.39 is 6.10 Å². The van der Waals surface area contributed by atoms with Gasteiger partial charge in [0.25, 0.3) is 5.91 Å². The maximum atomic E-state index is 12.7. The molecule has 3 aromatic carbocycles. The van der Waals surface area contributed by atoms with Crippen LogP contribution < -0.4 is 14.8 Å². The van der Waals surface area contributed by atoms with Gasteiger partial charge in [0.1, 0.15) is 23.1 Å². The predicted octanol–water partition coefficient (Wildman–Crippen LogP) is 6.13. The van der Waals surface area contributed by atoms with Crippen LogP contribution in [0.15, 0.2) is 91.1 Å². The number of anilines is 1. The molecule has 1 heterocycles. The van der Waals surface area contributed by atoms with Crippen molar-refractivity contribution < 1.29 is 14.3 Å². The zero-order valence-electron chi connectivity index (χ0n) is 18.9. The number of carbonyl (C=O) groups is 1. The standard InChI is InChI=1S/C28H23N3O3/c1-19-17-25(34-28-23(18-29)9-6-16-30-28)14-15-26(19)31-27(32)20(2)33-24-12-10-22(11-13-24)21-7-4-3-5-8-21/h3-17,20H,1-2H3,(H,31,32). The number of hydrogen-bond acceptors (Lipinski definition) is 5. The number of aromatic nitrogens is 1. The number of benzene rings is 3. The SMILES string of the molecule is Cc1cc(Oc2ncccc2C#N)ccc1NC(=O)C(C)Oc1ccc(-c2ccccc2)cc1. The van der Waals surface area contributed by atoms with Crippen LogP contribution in [0, 0.1) is 18.3 Å². The average molecular weight is 450 g/mol.